The topological polar surface area (TPSA) is 17.1 Å². The molecule has 1 aliphatic heterocycles. The molecule has 2 atom stereocenters. The van der Waals surface area contributed by atoms with Crippen molar-refractivity contribution in [2.75, 3.05) is 11.5 Å². The van der Waals surface area contributed by atoms with Gasteiger partial charge in [0, 0.05) is 17.4 Å². The van der Waals surface area contributed by atoms with E-state index in [-0.39, 0.29) is 0 Å². The third-order valence-electron chi connectivity index (χ3n) is 1.27. The fourth-order valence-electron chi connectivity index (χ4n) is 0.670. The molecule has 1 aliphatic rings. The third-order valence-corrected chi connectivity index (χ3v) is 4.34. The van der Waals surface area contributed by atoms with Gasteiger partial charge in [0.1, 0.15) is 0 Å². The Balaban J connectivity index is 2.37. The summed E-state index contributed by atoms with van der Waals surface area (Å²) < 4.78 is 10.7. The first-order chi connectivity index (χ1) is 4.33. The minimum Gasteiger partial charge on any atom is -0.248 e. The summed E-state index contributed by atoms with van der Waals surface area (Å²) >= 11 is 0. The van der Waals surface area contributed by atoms with Crippen LogP contribution in [-0.2, 0) is 9.83 Å². The Hall–Kier alpha value is 0.0600. The third kappa shape index (κ3) is 2.04. The molecule has 0 aromatic carbocycles. The second-order valence-electron chi connectivity index (χ2n) is 1.94. The van der Waals surface area contributed by atoms with E-state index in [0.29, 0.717) is 5.92 Å². The van der Waals surface area contributed by atoms with Crippen LogP contribution in [-0.4, -0.2) is 15.7 Å². The highest BCUT2D eigenvalue weighted by molar-refractivity contribution is 8.69. The van der Waals surface area contributed by atoms with Crippen LogP contribution in [0.25, 0.3) is 0 Å². The molecule has 0 bridgehead atoms. The number of terminal acetylenes is 1. The van der Waals surface area contributed by atoms with Gasteiger partial charge in [0.05, 0.1) is 9.83 Å². The molecule has 9 heavy (non-hydrogen) atoms. The highest BCUT2D eigenvalue weighted by atomic mass is 33.1. The van der Waals surface area contributed by atoms with Gasteiger partial charge in [-0.3, -0.25) is 0 Å². The summed E-state index contributed by atoms with van der Waals surface area (Å²) in [4.78, 5) is 0. The second-order valence-corrected chi connectivity index (χ2v) is 5.35. The van der Waals surface area contributed by atoms with Crippen LogP contribution in [0.1, 0.15) is 6.42 Å². The van der Waals surface area contributed by atoms with Crippen LogP contribution in [0.15, 0.2) is 0 Å². The second kappa shape index (κ2) is 3.28. The summed E-state index contributed by atoms with van der Waals surface area (Å²) in [6, 6.07) is 0. The Morgan fingerprint density at radius 1 is 1.78 bits per heavy atom. The molecule has 0 aromatic heterocycles. The van der Waals surface area contributed by atoms with Gasteiger partial charge in [0.2, 0.25) is 0 Å². The van der Waals surface area contributed by atoms with Crippen LogP contribution in [0.4, 0.5) is 0 Å². The summed E-state index contributed by atoms with van der Waals surface area (Å²) in [5.41, 5.74) is 0. The number of hydrogen-bond acceptors (Lipinski definition) is 2. The minimum atomic E-state index is -0.641. The molecule has 0 aromatic rings. The first-order valence-corrected chi connectivity index (χ1v) is 5.63. The van der Waals surface area contributed by atoms with E-state index < -0.39 is 9.83 Å². The Morgan fingerprint density at radius 3 is 3.00 bits per heavy atom. The fourth-order valence-corrected chi connectivity index (χ4v) is 3.43. The van der Waals surface area contributed by atoms with E-state index in [1.165, 1.54) is 10.8 Å². The van der Waals surface area contributed by atoms with Crippen LogP contribution >= 0.6 is 10.8 Å². The van der Waals surface area contributed by atoms with Crippen LogP contribution in [0.5, 0.6) is 0 Å². The maximum atomic E-state index is 10.7. The Labute approximate surface area is 61.5 Å². The van der Waals surface area contributed by atoms with Crippen LogP contribution in [0, 0.1) is 18.3 Å². The summed E-state index contributed by atoms with van der Waals surface area (Å²) in [6.07, 6.45) is 6.13. The van der Waals surface area contributed by atoms with E-state index in [9.17, 15) is 4.21 Å². The van der Waals surface area contributed by atoms with Gasteiger partial charge in [-0.15, -0.1) is 12.3 Å². The molecular formula is C6H8OS2. The maximum Gasteiger partial charge on any atom is 0.0804 e. The lowest BCUT2D eigenvalue weighted by atomic mass is 10.1. The molecule has 1 nitrogen and oxygen atoms in total. The predicted octanol–water partition coefficient (Wildman–Crippen LogP) is 1.04. The van der Waals surface area contributed by atoms with Gasteiger partial charge < -0.3 is 0 Å². The van der Waals surface area contributed by atoms with Crippen molar-refractivity contribution >= 4 is 20.6 Å². The lowest BCUT2D eigenvalue weighted by molar-refractivity contribution is 0.674. The smallest absolute Gasteiger partial charge is 0.0804 e. The average Bonchev–Trinajstić information content (AvgIpc) is 1.90. The maximum absolute atomic E-state index is 10.7. The Bertz CT molecular complexity index is 149. The normalized spacial score (nSPS) is 35.4. The molecule has 1 heterocycles. The monoisotopic (exact) mass is 160 g/mol. The summed E-state index contributed by atoms with van der Waals surface area (Å²) in [6.45, 7) is 0. The summed E-state index contributed by atoms with van der Waals surface area (Å²) in [7, 11) is 0.839. The van der Waals surface area contributed by atoms with Gasteiger partial charge in [0.15, 0.2) is 0 Å². The number of rotatable bonds is 0. The minimum absolute atomic E-state index is 0.368. The van der Waals surface area contributed by atoms with E-state index in [2.05, 4.69) is 5.92 Å². The van der Waals surface area contributed by atoms with Gasteiger partial charge in [-0.2, -0.15) is 0 Å². The van der Waals surface area contributed by atoms with Crippen LogP contribution in [0.2, 0.25) is 0 Å². The van der Waals surface area contributed by atoms with Crippen molar-refractivity contribution in [3.05, 3.63) is 0 Å². The van der Waals surface area contributed by atoms with Gasteiger partial charge in [-0.25, -0.2) is 4.21 Å². The van der Waals surface area contributed by atoms with Crippen LogP contribution in [0.3, 0.4) is 0 Å². The van der Waals surface area contributed by atoms with Gasteiger partial charge in [-0.05, 0) is 6.42 Å². The standard InChI is InChI=1S/C6H8OS2/c1-2-6-3-4-9(7)8-5-6/h1,6H,3-5H2. The molecular weight excluding hydrogens is 152 g/mol. The highest BCUT2D eigenvalue weighted by Gasteiger charge is 2.15. The lowest BCUT2D eigenvalue weighted by Crippen LogP contribution is -2.12. The summed E-state index contributed by atoms with van der Waals surface area (Å²) in [5.74, 6) is 4.69. The molecule has 1 rings (SSSR count). The van der Waals surface area contributed by atoms with Crippen molar-refractivity contribution in [3.63, 3.8) is 0 Å². The first kappa shape index (κ1) is 7.17. The van der Waals surface area contributed by atoms with Crippen LogP contribution < -0.4 is 0 Å². The van der Waals surface area contributed by atoms with Gasteiger partial charge in [-0.1, -0.05) is 10.8 Å². The van der Waals surface area contributed by atoms with E-state index in [1.54, 1.807) is 0 Å². The van der Waals surface area contributed by atoms with E-state index in [1.807, 2.05) is 0 Å². The van der Waals surface area contributed by atoms with Crippen molar-refractivity contribution < 1.29 is 4.21 Å². The predicted molar refractivity (Wildman–Crippen MR) is 42.4 cm³/mol. The molecule has 50 valence electrons. The van der Waals surface area contributed by atoms with E-state index in [0.717, 1.165) is 17.9 Å². The zero-order valence-electron chi connectivity index (χ0n) is 5.00. The molecule has 3 heteroatoms. The average molecular weight is 160 g/mol. The molecule has 0 saturated carbocycles. The lowest BCUT2D eigenvalue weighted by Gasteiger charge is -2.14. The van der Waals surface area contributed by atoms with E-state index >= 15 is 0 Å². The molecule has 0 amide bonds. The van der Waals surface area contributed by atoms with Crippen molar-refractivity contribution in [1.29, 1.82) is 0 Å². The summed E-state index contributed by atoms with van der Waals surface area (Å²) in [5, 5.41) is 0. The van der Waals surface area contributed by atoms with E-state index in [4.69, 9.17) is 6.42 Å². The van der Waals surface area contributed by atoms with Crippen molar-refractivity contribution in [2.45, 2.75) is 6.42 Å². The molecule has 0 N–H and O–H groups in total. The Kier molecular flexibility index (Phi) is 2.62. The molecule has 2 unspecified atom stereocenters. The first-order valence-electron chi connectivity index (χ1n) is 2.80. The molecule has 1 fully saturated rings. The highest BCUT2D eigenvalue weighted by Crippen LogP contribution is 2.22. The Morgan fingerprint density at radius 2 is 2.56 bits per heavy atom. The SMILES string of the molecule is C#CC1CCS(=O)SC1. The van der Waals surface area contributed by atoms with Gasteiger partial charge >= 0.3 is 0 Å². The van der Waals surface area contributed by atoms with Crippen molar-refractivity contribution in [1.82, 2.24) is 0 Å². The molecule has 0 spiro atoms. The van der Waals surface area contributed by atoms with Crippen molar-refractivity contribution in [3.8, 4) is 12.3 Å². The zero-order chi connectivity index (χ0) is 6.69. The fraction of sp³-hybridized carbons (Fsp3) is 0.667. The molecule has 1 saturated heterocycles. The quantitative estimate of drug-likeness (QED) is 0.389. The number of hydrogen-bond donors (Lipinski definition) is 0. The van der Waals surface area contributed by atoms with Crippen molar-refractivity contribution in [2.24, 2.45) is 5.92 Å². The molecule has 0 radical (unpaired) electrons. The zero-order valence-corrected chi connectivity index (χ0v) is 6.63. The molecule has 0 aliphatic carbocycles. The van der Waals surface area contributed by atoms with Gasteiger partial charge in [0.25, 0.3) is 0 Å². The largest absolute Gasteiger partial charge is 0.248 e.